The molecule has 3 rings (SSSR count). The van der Waals surface area contributed by atoms with E-state index in [-0.39, 0.29) is 18.2 Å². The van der Waals surface area contributed by atoms with E-state index in [1.807, 2.05) is 0 Å². The number of hydrogen-bond donors (Lipinski definition) is 2. The van der Waals surface area contributed by atoms with Gasteiger partial charge in [-0.1, -0.05) is 29.4 Å². The Morgan fingerprint density at radius 1 is 1.27 bits per heavy atom. The van der Waals surface area contributed by atoms with E-state index in [4.69, 9.17) is 21.4 Å². The lowest BCUT2D eigenvalue weighted by Crippen LogP contribution is -2.26. The van der Waals surface area contributed by atoms with Gasteiger partial charge in [0.1, 0.15) is 17.6 Å². The van der Waals surface area contributed by atoms with E-state index in [9.17, 15) is 18.4 Å². The van der Waals surface area contributed by atoms with Crippen LogP contribution in [0.5, 0.6) is 5.75 Å². The SMILES string of the molecule is O=C(O)CC1SC(=NN=Cc2cc(Cl)ccc2OCc2ccc(F)c(F)c2)NC1=O. The molecule has 0 radical (unpaired) electrons. The smallest absolute Gasteiger partial charge is 0.305 e. The fourth-order valence-corrected chi connectivity index (χ4v) is 3.53. The summed E-state index contributed by atoms with van der Waals surface area (Å²) < 4.78 is 32.0. The van der Waals surface area contributed by atoms with Crippen LogP contribution in [0, 0.1) is 11.6 Å². The van der Waals surface area contributed by atoms with Crippen LogP contribution >= 0.6 is 23.4 Å². The summed E-state index contributed by atoms with van der Waals surface area (Å²) in [5, 5.41) is 18.8. The number of nitrogens with one attached hydrogen (secondary N) is 1. The van der Waals surface area contributed by atoms with Gasteiger partial charge >= 0.3 is 5.97 Å². The molecular weight excluding hydrogens is 440 g/mol. The Morgan fingerprint density at radius 3 is 2.80 bits per heavy atom. The Kier molecular flexibility index (Phi) is 7.01. The number of carbonyl (C=O) groups is 2. The van der Waals surface area contributed by atoms with Crippen molar-refractivity contribution in [2.24, 2.45) is 10.2 Å². The van der Waals surface area contributed by atoms with Gasteiger partial charge in [0.25, 0.3) is 0 Å². The molecule has 2 N–H and O–H groups in total. The van der Waals surface area contributed by atoms with Crippen LogP contribution in [0.4, 0.5) is 8.78 Å². The lowest BCUT2D eigenvalue weighted by Gasteiger charge is -2.09. The van der Waals surface area contributed by atoms with Crippen molar-refractivity contribution in [1.29, 1.82) is 0 Å². The standard InChI is InChI=1S/C19H14ClF2N3O4S/c20-12-2-4-15(29-9-10-1-3-13(21)14(22)5-10)11(6-12)8-23-25-19-24-18(28)16(30-19)7-17(26)27/h1-6,8,16H,7,9H2,(H,26,27)(H,24,25,28). The second-order valence-electron chi connectivity index (χ2n) is 6.06. The van der Waals surface area contributed by atoms with Gasteiger partial charge in [0, 0.05) is 10.6 Å². The van der Waals surface area contributed by atoms with Gasteiger partial charge in [-0.3, -0.25) is 9.59 Å². The highest BCUT2D eigenvalue weighted by Crippen LogP contribution is 2.24. The number of halogens is 3. The van der Waals surface area contributed by atoms with E-state index in [1.165, 1.54) is 12.3 Å². The van der Waals surface area contributed by atoms with Gasteiger partial charge in [0.05, 0.1) is 12.6 Å². The minimum absolute atomic E-state index is 0.0169. The Hall–Kier alpha value is -2.98. The van der Waals surface area contributed by atoms with Crippen LogP contribution < -0.4 is 10.1 Å². The summed E-state index contributed by atoms with van der Waals surface area (Å²) in [4.78, 5) is 22.4. The minimum Gasteiger partial charge on any atom is -0.488 e. The minimum atomic E-state index is -1.09. The van der Waals surface area contributed by atoms with Crippen molar-refractivity contribution in [2.75, 3.05) is 0 Å². The van der Waals surface area contributed by atoms with Gasteiger partial charge in [-0.25, -0.2) is 8.78 Å². The van der Waals surface area contributed by atoms with Crippen LogP contribution in [-0.2, 0) is 16.2 Å². The van der Waals surface area contributed by atoms with Crippen LogP contribution in [0.15, 0.2) is 46.6 Å². The Bertz CT molecular complexity index is 1050. The Labute approximate surface area is 178 Å². The second kappa shape index (κ2) is 9.68. The summed E-state index contributed by atoms with van der Waals surface area (Å²) in [6.07, 6.45) is 1.02. The van der Waals surface area contributed by atoms with Crippen molar-refractivity contribution >= 4 is 46.6 Å². The van der Waals surface area contributed by atoms with Gasteiger partial charge in [-0.05, 0) is 35.9 Å². The number of amides is 1. The molecule has 1 aliphatic heterocycles. The van der Waals surface area contributed by atoms with E-state index < -0.39 is 28.8 Å². The maximum Gasteiger partial charge on any atom is 0.305 e. The van der Waals surface area contributed by atoms with E-state index in [1.54, 1.807) is 18.2 Å². The summed E-state index contributed by atoms with van der Waals surface area (Å²) in [5.41, 5.74) is 0.896. The van der Waals surface area contributed by atoms with Crippen molar-refractivity contribution < 1.29 is 28.2 Å². The second-order valence-corrected chi connectivity index (χ2v) is 7.69. The number of carboxylic acid groups (broad SMARTS) is 1. The maximum absolute atomic E-state index is 13.3. The molecule has 0 spiro atoms. The van der Waals surface area contributed by atoms with E-state index in [0.717, 1.165) is 23.9 Å². The van der Waals surface area contributed by atoms with Crippen molar-refractivity contribution in [3.05, 3.63) is 64.2 Å². The van der Waals surface area contributed by atoms with Crippen LogP contribution in [0.25, 0.3) is 0 Å². The first kappa shape index (κ1) is 21.7. The number of hydrogen-bond acceptors (Lipinski definition) is 6. The van der Waals surface area contributed by atoms with Gasteiger partial charge in [-0.2, -0.15) is 5.10 Å². The van der Waals surface area contributed by atoms with Crippen LogP contribution in [0.1, 0.15) is 17.5 Å². The summed E-state index contributed by atoms with van der Waals surface area (Å²) in [6, 6.07) is 8.21. The molecule has 30 heavy (non-hydrogen) atoms. The average molecular weight is 454 g/mol. The summed E-state index contributed by atoms with van der Waals surface area (Å²) in [7, 11) is 0. The molecule has 1 unspecified atom stereocenters. The Morgan fingerprint density at radius 2 is 2.07 bits per heavy atom. The number of carbonyl (C=O) groups excluding carboxylic acids is 1. The first-order chi connectivity index (χ1) is 14.3. The lowest BCUT2D eigenvalue weighted by atomic mass is 10.2. The monoisotopic (exact) mass is 453 g/mol. The molecule has 1 saturated heterocycles. The maximum atomic E-state index is 13.3. The number of carboxylic acids is 1. The predicted molar refractivity (Wildman–Crippen MR) is 109 cm³/mol. The van der Waals surface area contributed by atoms with Crippen molar-refractivity contribution in [3.63, 3.8) is 0 Å². The molecule has 7 nitrogen and oxygen atoms in total. The van der Waals surface area contributed by atoms with Gasteiger partial charge in [0.15, 0.2) is 16.8 Å². The fraction of sp³-hybridized carbons (Fsp3) is 0.158. The third kappa shape index (κ3) is 5.77. The summed E-state index contributed by atoms with van der Waals surface area (Å²) in [6.45, 7) is -0.0169. The number of aliphatic carboxylic acids is 1. The molecule has 1 aliphatic rings. The van der Waals surface area contributed by atoms with Gasteiger partial charge < -0.3 is 15.2 Å². The first-order valence-electron chi connectivity index (χ1n) is 8.48. The van der Waals surface area contributed by atoms with E-state index in [2.05, 4.69) is 15.5 Å². The normalized spacial score (nSPS) is 17.5. The quantitative estimate of drug-likeness (QED) is 0.493. The van der Waals surface area contributed by atoms with E-state index in [0.29, 0.717) is 21.9 Å². The number of rotatable bonds is 7. The number of amidine groups is 1. The topological polar surface area (TPSA) is 100 Å². The zero-order chi connectivity index (χ0) is 21.7. The third-order valence-corrected chi connectivity index (χ3v) is 5.14. The number of thioether (sulfide) groups is 1. The van der Waals surface area contributed by atoms with E-state index >= 15 is 0 Å². The lowest BCUT2D eigenvalue weighted by molar-refractivity contribution is -0.138. The molecule has 156 valence electrons. The van der Waals surface area contributed by atoms with Crippen LogP contribution in [-0.4, -0.2) is 33.6 Å². The highest BCUT2D eigenvalue weighted by Gasteiger charge is 2.32. The number of benzene rings is 2. The highest BCUT2D eigenvalue weighted by atomic mass is 35.5. The van der Waals surface area contributed by atoms with Gasteiger partial charge in [0.2, 0.25) is 5.91 Å². The van der Waals surface area contributed by atoms with Crippen LogP contribution in [0.2, 0.25) is 5.02 Å². The molecule has 0 bridgehead atoms. The predicted octanol–water partition coefficient (Wildman–Crippen LogP) is 3.59. The molecular formula is C19H14ClF2N3O4S. The molecule has 0 saturated carbocycles. The molecule has 0 aliphatic carbocycles. The first-order valence-corrected chi connectivity index (χ1v) is 9.74. The van der Waals surface area contributed by atoms with Crippen molar-refractivity contribution in [2.45, 2.75) is 18.3 Å². The Balaban J connectivity index is 1.70. The molecule has 11 heteroatoms. The molecule has 1 fully saturated rings. The molecule has 1 atom stereocenters. The van der Waals surface area contributed by atoms with Crippen LogP contribution in [0.3, 0.4) is 0 Å². The summed E-state index contributed by atoms with van der Waals surface area (Å²) >= 11 is 6.97. The van der Waals surface area contributed by atoms with Crippen molar-refractivity contribution in [3.8, 4) is 5.75 Å². The van der Waals surface area contributed by atoms with Crippen molar-refractivity contribution in [1.82, 2.24) is 5.32 Å². The highest BCUT2D eigenvalue weighted by molar-refractivity contribution is 8.15. The van der Waals surface area contributed by atoms with Gasteiger partial charge in [-0.15, -0.1) is 5.10 Å². The average Bonchev–Trinajstić information content (AvgIpc) is 3.02. The number of nitrogens with zero attached hydrogens (tertiary/aromatic N) is 2. The summed E-state index contributed by atoms with van der Waals surface area (Å²) in [5.74, 6) is -3.08. The molecule has 1 heterocycles. The molecule has 2 aromatic carbocycles. The largest absolute Gasteiger partial charge is 0.488 e. The molecule has 1 amide bonds. The molecule has 2 aromatic rings. The third-order valence-electron chi connectivity index (χ3n) is 3.83. The molecule has 0 aromatic heterocycles. The fourth-order valence-electron chi connectivity index (χ4n) is 2.43. The zero-order valence-electron chi connectivity index (χ0n) is 15.1. The number of ether oxygens (including phenoxy) is 1. The zero-order valence-corrected chi connectivity index (χ0v) is 16.7.